The first kappa shape index (κ1) is 17.2. The number of hydrogen-bond acceptors (Lipinski definition) is 5. The Kier molecular flexibility index (Phi) is 5.03. The van der Waals surface area contributed by atoms with Crippen molar-refractivity contribution < 1.29 is 14.3 Å². The van der Waals surface area contributed by atoms with Crippen molar-refractivity contribution in [3.63, 3.8) is 0 Å². The summed E-state index contributed by atoms with van der Waals surface area (Å²) in [5, 5.41) is 8.67. The molecular weight excluding hydrogens is 334 g/mol. The summed E-state index contributed by atoms with van der Waals surface area (Å²) in [6.07, 6.45) is 5.69. The molecule has 140 valence electrons. The van der Waals surface area contributed by atoms with Gasteiger partial charge in [0.1, 0.15) is 5.69 Å². The number of aromatic nitrogens is 4. The molecule has 1 amide bonds. The smallest absolute Gasteiger partial charge is 0.274 e. The average molecular weight is 359 g/mol. The molecule has 1 atom stereocenters. The molecule has 8 nitrogen and oxygen atoms in total. The van der Waals surface area contributed by atoms with Gasteiger partial charge in [0.15, 0.2) is 0 Å². The van der Waals surface area contributed by atoms with E-state index >= 15 is 0 Å². The second kappa shape index (κ2) is 7.59. The van der Waals surface area contributed by atoms with Crippen LogP contribution in [0.1, 0.15) is 35.1 Å². The highest BCUT2D eigenvalue weighted by atomic mass is 16.5. The van der Waals surface area contributed by atoms with Crippen LogP contribution < -0.4 is 0 Å². The molecule has 1 fully saturated rings. The van der Waals surface area contributed by atoms with E-state index in [4.69, 9.17) is 9.47 Å². The number of carbonyl (C=O) groups excluding carboxylic acids is 1. The van der Waals surface area contributed by atoms with Crippen LogP contribution in [-0.4, -0.2) is 63.3 Å². The van der Waals surface area contributed by atoms with Gasteiger partial charge in [0.05, 0.1) is 24.9 Å². The zero-order chi connectivity index (χ0) is 17.9. The molecular formula is C18H25N5O3. The van der Waals surface area contributed by atoms with Crippen LogP contribution in [0.4, 0.5) is 0 Å². The van der Waals surface area contributed by atoms with Gasteiger partial charge in [0, 0.05) is 45.8 Å². The molecule has 0 bridgehead atoms. The van der Waals surface area contributed by atoms with Gasteiger partial charge in [-0.3, -0.25) is 14.2 Å². The van der Waals surface area contributed by atoms with Crippen LogP contribution in [0.5, 0.6) is 0 Å². The van der Waals surface area contributed by atoms with Crippen molar-refractivity contribution in [2.24, 2.45) is 13.0 Å². The van der Waals surface area contributed by atoms with Gasteiger partial charge >= 0.3 is 0 Å². The fourth-order valence-corrected chi connectivity index (χ4v) is 3.64. The van der Waals surface area contributed by atoms with Gasteiger partial charge in [-0.25, -0.2) is 0 Å². The first-order valence-corrected chi connectivity index (χ1v) is 9.17. The molecule has 4 heterocycles. The minimum absolute atomic E-state index is 0.0289. The zero-order valence-corrected chi connectivity index (χ0v) is 15.1. The highest BCUT2D eigenvalue weighted by Crippen LogP contribution is 2.23. The second-order valence-electron chi connectivity index (χ2n) is 7.07. The first-order valence-electron chi connectivity index (χ1n) is 9.17. The third kappa shape index (κ3) is 3.66. The average Bonchev–Trinajstić information content (AvgIpc) is 3.30. The molecule has 0 aromatic carbocycles. The normalized spacial score (nSPS) is 21.0. The Bertz CT molecular complexity index is 750. The summed E-state index contributed by atoms with van der Waals surface area (Å²) in [4.78, 5) is 14.6. The molecule has 0 radical (unpaired) electrons. The highest BCUT2D eigenvalue weighted by molar-refractivity contribution is 5.92. The molecule has 2 aromatic heterocycles. The Hall–Kier alpha value is -2.19. The lowest BCUT2D eigenvalue weighted by molar-refractivity contribution is 0.00427. The Labute approximate surface area is 152 Å². The molecule has 1 unspecified atom stereocenters. The maximum absolute atomic E-state index is 12.8. The van der Waals surface area contributed by atoms with Crippen LogP contribution in [0.3, 0.4) is 0 Å². The highest BCUT2D eigenvalue weighted by Gasteiger charge is 2.30. The third-order valence-corrected chi connectivity index (χ3v) is 5.11. The quantitative estimate of drug-likeness (QED) is 0.803. The van der Waals surface area contributed by atoms with Crippen LogP contribution in [0, 0.1) is 5.92 Å². The molecule has 26 heavy (non-hydrogen) atoms. The minimum atomic E-state index is -0.0486. The number of hydrogen-bond donors (Lipinski definition) is 0. The molecule has 4 rings (SSSR count). The van der Waals surface area contributed by atoms with E-state index < -0.39 is 0 Å². The fraction of sp³-hybridized carbons (Fsp3) is 0.611. The number of fused-ring (bicyclic) bond motifs is 1. The molecule has 0 spiro atoms. The lowest BCUT2D eigenvalue weighted by Gasteiger charge is -2.33. The Morgan fingerprint density at radius 1 is 1.31 bits per heavy atom. The molecule has 1 saturated heterocycles. The molecule has 2 aliphatic heterocycles. The summed E-state index contributed by atoms with van der Waals surface area (Å²) in [5.74, 6) is 0.517. The van der Waals surface area contributed by atoms with Crippen LogP contribution in [0.2, 0.25) is 0 Å². The molecule has 2 aromatic rings. The van der Waals surface area contributed by atoms with Crippen LogP contribution in [0.25, 0.3) is 0 Å². The first-order chi connectivity index (χ1) is 12.7. The van der Waals surface area contributed by atoms with E-state index in [-0.39, 0.29) is 11.9 Å². The van der Waals surface area contributed by atoms with Crippen LogP contribution in [-0.2, 0) is 23.1 Å². The predicted molar refractivity (Wildman–Crippen MR) is 93.6 cm³/mol. The van der Waals surface area contributed by atoms with Crippen molar-refractivity contribution in [2.75, 3.05) is 33.0 Å². The summed E-state index contributed by atoms with van der Waals surface area (Å²) >= 11 is 0. The predicted octanol–water partition coefficient (Wildman–Crippen LogP) is 1.26. The summed E-state index contributed by atoms with van der Waals surface area (Å²) < 4.78 is 15.0. The van der Waals surface area contributed by atoms with E-state index in [9.17, 15) is 4.79 Å². The van der Waals surface area contributed by atoms with Gasteiger partial charge in [0.2, 0.25) is 0 Å². The lowest BCUT2D eigenvalue weighted by atomic mass is 10.0. The summed E-state index contributed by atoms with van der Waals surface area (Å²) in [7, 11) is 1.81. The summed E-state index contributed by atoms with van der Waals surface area (Å²) in [5.41, 5.74) is 1.50. The van der Waals surface area contributed by atoms with E-state index in [1.807, 2.05) is 22.7 Å². The second-order valence-corrected chi connectivity index (χ2v) is 7.07. The maximum Gasteiger partial charge on any atom is 0.274 e. The van der Waals surface area contributed by atoms with E-state index in [1.54, 1.807) is 23.1 Å². The number of amides is 1. The number of rotatable bonds is 5. The topological polar surface area (TPSA) is 74.4 Å². The standard InChI is InChI=1S/C18H25N5O3/c1-21-7-3-17(20-21)18(24)22-10-15-2-6-19-23(15)16(11-22)13-26-12-14-4-8-25-9-5-14/h2-3,6-7,14,16H,4-5,8-13H2,1H3. The van der Waals surface area contributed by atoms with Gasteiger partial charge in [-0.1, -0.05) is 0 Å². The van der Waals surface area contributed by atoms with Gasteiger partial charge in [-0.15, -0.1) is 0 Å². The van der Waals surface area contributed by atoms with Crippen molar-refractivity contribution in [3.8, 4) is 0 Å². The van der Waals surface area contributed by atoms with E-state index in [2.05, 4.69) is 10.2 Å². The van der Waals surface area contributed by atoms with Gasteiger partial charge < -0.3 is 14.4 Å². The van der Waals surface area contributed by atoms with E-state index in [0.717, 1.165) is 38.4 Å². The van der Waals surface area contributed by atoms with E-state index in [0.29, 0.717) is 31.3 Å². The summed E-state index contributed by atoms with van der Waals surface area (Å²) in [6, 6.07) is 3.75. The lowest BCUT2D eigenvalue weighted by Crippen LogP contribution is -2.43. The number of aryl methyl sites for hydroxylation is 1. The number of ether oxygens (including phenoxy) is 2. The number of nitrogens with zero attached hydrogens (tertiary/aromatic N) is 5. The number of carbonyl (C=O) groups is 1. The van der Waals surface area contributed by atoms with Crippen molar-refractivity contribution in [2.45, 2.75) is 25.4 Å². The van der Waals surface area contributed by atoms with Crippen molar-refractivity contribution in [3.05, 3.63) is 35.9 Å². The monoisotopic (exact) mass is 359 g/mol. The molecule has 8 heteroatoms. The molecule has 0 N–H and O–H groups in total. The SMILES string of the molecule is Cn1ccc(C(=O)N2Cc3ccnn3C(COCC3CCOCC3)C2)n1. The summed E-state index contributed by atoms with van der Waals surface area (Å²) in [6.45, 7) is 4.08. The van der Waals surface area contributed by atoms with Gasteiger partial charge in [-0.2, -0.15) is 10.2 Å². The Balaban J connectivity index is 1.40. The largest absolute Gasteiger partial charge is 0.381 e. The van der Waals surface area contributed by atoms with Gasteiger partial charge in [0.25, 0.3) is 5.91 Å². The van der Waals surface area contributed by atoms with Crippen LogP contribution >= 0.6 is 0 Å². The van der Waals surface area contributed by atoms with Crippen molar-refractivity contribution in [1.29, 1.82) is 0 Å². The maximum atomic E-state index is 12.8. The van der Waals surface area contributed by atoms with Crippen molar-refractivity contribution in [1.82, 2.24) is 24.5 Å². The van der Waals surface area contributed by atoms with E-state index in [1.165, 1.54) is 0 Å². The molecule has 0 aliphatic carbocycles. The molecule has 0 saturated carbocycles. The minimum Gasteiger partial charge on any atom is -0.381 e. The Morgan fingerprint density at radius 2 is 2.15 bits per heavy atom. The van der Waals surface area contributed by atoms with Crippen LogP contribution in [0.15, 0.2) is 24.5 Å². The zero-order valence-electron chi connectivity index (χ0n) is 15.1. The molecule has 2 aliphatic rings. The fourth-order valence-electron chi connectivity index (χ4n) is 3.64. The van der Waals surface area contributed by atoms with Crippen molar-refractivity contribution >= 4 is 5.91 Å². The Morgan fingerprint density at radius 3 is 2.92 bits per heavy atom. The van der Waals surface area contributed by atoms with Gasteiger partial charge in [-0.05, 0) is 30.9 Å². The third-order valence-electron chi connectivity index (χ3n) is 5.11.